The number of carbonyl (C=O) groups excluding carboxylic acids is 2. The van der Waals surface area contributed by atoms with Crippen molar-refractivity contribution >= 4 is 11.9 Å². The second kappa shape index (κ2) is 10.9. The minimum Gasteiger partial charge on any atom is -0.463 e. The van der Waals surface area contributed by atoms with Gasteiger partial charge in [0.2, 0.25) is 0 Å². The molecule has 1 unspecified atom stereocenters. The topological polar surface area (TPSA) is 146 Å². The fourth-order valence-corrected chi connectivity index (χ4v) is 2.90. The van der Waals surface area contributed by atoms with E-state index in [-0.39, 0.29) is 18.4 Å². The molecule has 2 N–H and O–H groups in total. The maximum absolute atomic E-state index is 12.4. The van der Waals surface area contributed by atoms with E-state index < -0.39 is 59.9 Å². The van der Waals surface area contributed by atoms with E-state index in [9.17, 15) is 24.3 Å². The smallest absolute Gasteiger partial charge is 0.330 e. The van der Waals surface area contributed by atoms with Gasteiger partial charge in [-0.3, -0.25) is 23.9 Å². The molecule has 0 aliphatic carbocycles. The van der Waals surface area contributed by atoms with Gasteiger partial charge in [-0.25, -0.2) is 4.79 Å². The van der Waals surface area contributed by atoms with E-state index in [4.69, 9.17) is 18.9 Å². The first-order valence-electron chi connectivity index (χ1n) is 10.6. The van der Waals surface area contributed by atoms with Crippen LogP contribution >= 0.6 is 0 Å². The van der Waals surface area contributed by atoms with E-state index in [0.717, 1.165) is 10.6 Å². The highest BCUT2D eigenvalue weighted by Crippen LogP contribution is 2.35. The van der Waals surface area contributed by atoms with Crippen LogP contribution in [0.1, 0.15) is 47.8 Å². The van der Waals surface area contributed by atoms with Gasteiger partial charge in [0.15, 0.2) is 18.6 Å². The van der Waals surface area contributed by atoms with Crippen molar-refractivity contribution in [1.29, 1.82) is 0 Å². The van der Waals surface area contributed by atoms with Crippen LogP contribution in [0, 0.1) is 17.8 Å². The van der Waals surface area contributed by atoms with E-state index in [1.165, 1.54) is 6.20 Å². The molecule has 1 aromatic rings. The number of hydrogen-bond donors (Lipinski definition) is 2. The Kier molecular flexibility index (Phi) is 8.76. The van der Waals surface area contributed by atoms with Crippen molar-refractivity contribution in [3.05, 3.63) is 33.1 Å². The third kappa shape index (κ3) is 6.27. The van der Waals surface area contributed by atoms with Gasteiger partial charge in [0.25, 0.3) is 5.56 Å². The molecule has 0 spiro atoms. The van der Waals surface area contributed by atoms with Crippen LogP contribution < -0.4 is 11.2 Å². The average molecular weight is 456 g/mol. The molecule has 1 aliphatic heterocycles. The van der Waals surface area contributed by atoms with Crippen LogP contribution in [0.2, 0.25) is 0 Å². The highest BCUT2D eigenvalue weighted by Gasteiger charge is 2.51. The van der Waals surface area contributed by atoms with Gasteiger partial charge in [-0.15, -0.1) is 0 Å². The van der Waals surface area contributed by atoms with Crippen molar-refractivity contribution < 1.29 is 33.6 Å². The van der Waals surface area contributed by atoms with Gasteiger partial charge in [-0.05, 0) is 0 Å². The molecule has 0 amide bonds. The van der Waals surface area contributed by atoms with Crippen molar-refractivity contribution in [3.8, 4) is 0 Å². The predicted octanol–water partition coefficient (Wildman–Crippen LogP) is 0.561. The Balaban J connectivity index is 2.45. The molecular weight excluding hydrogens is 424 g/mol. The Morgan fingerprint density at radius 2 is 1.72 bits per heavy atom. The highest BCUT2D eigenvalue weighted by molar-refractivity contribution is 5.72. The van der Waals surface area contributed by atoms with E-state index in [1.54, 1.807) is 41.5 Å². The summed E-state index contributed by atoms with van der Waals surface area (Å²) in [5.74, 6) is -2.23. The summed E-state index contributed by atoms with van der Waals surface area (Å²) in [4.78, 5) is 50.4. The van der Waals surface area contributed by atoms with Crippen molar-refractivity contribution in [1.82, 2.24) is 9.55 Å². The number of aromatic amines is 1. The van der Waals surface area contributed by atoms with Gasteiger partial charge in [-0.2, -0.15) is 0 Å². The number of H-pyrrole nitrogens is 1. The lowest BCUT2D eigenvalue weighted by atomic mass is 10.1. The lowest BCUT2D eigenvalue weighted by molar-refractivity contribution is -0.200. The third-order valence-corrected chi connectivity index (χ3v) is 4.86. The van der Waals surface area contributed by atoms with Crippen LogP contribution in [0.4, 0.5) is 0 Å². The summed E-state index contributed by atoms with van der Waals surface area (Å²) in [6.07, 6.45) is -4.39. The zero-order valence-corrected chi connectivity index (χ0v) is 19.1. The Hall–Kier alpha value is -2.50. The number of hydrogen-bond acceptors (Lipinski definition) is 9. The van der Waals surface area contributed by atoms with E-state index in [2.05, 4.69) is 4.98 Å². The third-order valence-electron chi connectivity index (χ3n) is 4.86. The van der Waals surface area contributed by atoms with Gasteiger partial charge in [0, 0.05) is 18.2 Å². The molecule has 11 heteroatoms. The molecule has 11 nitrogen and oxygen atoms in total. The number of aromatic nitrogens is 2. The predicted molar refractivity (Wildman–Crippen MR) is 111 cm³/mol. The molecule has 0 bridgehead atoms. The minimum absolute atomic E-state index is 0.253. The number of nitrogens with zero attached hydrogens (tertiary/aromatic N) is 1. The Bertz CT molecular complexity index is 905. The standard InChI is InChI=1S/C21H32N2O9/c1-10(2)18(25)29-9-13-15(31-19(26)11(3)4)16(32-20(27)12(5)6)17(30-13)23-8-7-14(24)22-21(23)28/h7-8,10-13,15-17,19,26H,9H2,1-6H3,(H,22,24,28)/t13-,15-,16-,17-,19?/m1/s1. The van der Waals surface area contributed by atoms with Crippen molar-refractivity contribution in [2.45, 2.75) is 72.4 Å². The van der Waals surface area contributed by atoms with Crippen LogP contribution in [-0.2, 0) is 28.5 Å². The number of aliphatic hydroxyl groups is 1. The van der Waals surface area contributed by atoms with Crippen LogP contribution in [0.3, 0.4) is 0 Å². The zero-order valence-electron chi connectivity index (χ0n) is 19.1. The van der Waals surface area contributed by atoms with Crippen molar-refractivity contribution in [2.75, 3.05) is 6.61 Å². The molecule has 32 heavy (non-hydrogen) atoms. The van der Waals surface area contributed by atoms with Crippen molar-refractivity contribution in [3.63, 3.8) is 0 Å². The van der Waals surface area contributed by atoms with Crippen molar-refractivity contribution in [2.24, 2.45) is 17.8 Å². The monoisotopic (exact) mass is 456 g/mol. The molecule has 0 saturated carbocycles. The molecule has 5 atom stereocenters. The Morgan fingerprint density at radius 3 is 2.25 bits per heavy atom. The number of rotatable bonds is 9. The molecule has 1 fully saturated rings. The summed E-state index contributed by atoms with van der Waals surface area (Å²) in [5.41, 5.74) is -1.39. The van der Waals surface area contributed by atoms with Gasteiger partial charge >= 0.3 is 17.6 Å². The fraction of sp³-hybridized carbons (Fsp3) is 0.714. The molecule has 1 saturated heterocycles. The second-order valence-corrected chi connectivity index (χ2v) is 8.66. The van der Waals surface area contributed by atoms with E-state index in [0.29, 0.717) is 0 Å². The van der Waals surface area contributed by atoms with Gasteiger partial charge in [-0.1, -0.05) is 41.5 Å². The molecule has 2 heterocycles. The summed E-state index contributed by atoms with van der Waals surface area (Å²) >= 11 is 0. The maximum Gasteiger partial charge on any atom is 0.330 e. The molecule has 1 aliphatic rings. The average Bonchev–Trinajstić information content (AvgIpc) is 3.02. The number of ether oxygens (including phenoxy) is 4. The summed E-state index contributed by atoms with van der Waals surface area (Å²) in [6, 6.07) is 1.12. The Labute approximate surface area is 185 Å². The normalized spacial score (nSPS) is 24.2. The lowest BCUT2D eigenvalue weighted by Gasteiger charge is -2.28. The molecular formula is C21H32N2O9. The zero-order chi connectivity index (χ0) is 24.2. The number of carbonyl (C=O) groups is 2. The summed E-state index contributed by atoms with van der Waals surface area (Å²) in [7, 11) is 0. The lowest BCUT2D eigenvalue weighted by Crippen LogP contribution is -2.44. The van der Waals surface area contributed by atoms with Gasteiger partial charge in [0.05, 0.1) is 11.8 Å². The van der Waals surface area contributed by atoms with Crippen LogP contribution in [0.25, 0.3) is 0 Å². The number of nitrogens with one attached hydrogen (secondary N) is 1. The molecule has 0 radical (unpaired) electrons. The quantitative estimate of drug-likeness (QED) is 0.402. The first-order chi connectivity index (χ1) is 14.9. The molecule has 0 aromatic carbocycles. The largest absolute Gasteiger partial charge is 0.463 e. The molecule has 180 valence electrons. The maximum atomic E-state index is 12.4. The first kappa shape index (κ1) is 25.8. The van der Waals surface area contributed by atoms with Gasteiger partial charge < -0.3 is 24.1 Å². The van der Waals surface area contributed by atoms with Crippen LogP contribution in [-0.4, -0.2) is 57.8 Å². The SMILES string of the molecule is CC(C)C(=O)OC[C@H]1O[C@@H](n2ccc(=O)[nH]c2=O)[C@H](OC(=O)C(C)C)[C@@H]1OC(O)C(C)C. The fourth-order valence-electron chi connectivity index (χ4n) is 2.90. The number of aliphatic hydroxyl groups excluding tert-OH is 1. The van der Waals surface area contributed by atoms with Crippen LogP contribution in [0.5, 0.6) is 0 Å². The summed E-state index contributed by atoms with van der Waals surface area (Å²) < 4.78 is 23.6. The molecule has 2 rings (SSSR count). The van der Waals surface area contributed by atoms with Gasteiger partial charge in [0.1, 0.15) is 18.8 Å². The second-order valence-electron chi connectivity index (χ2n) is 8.66. The van der Waals surface area contributed by atoms with E-state index in [1.807, 2.05) is 0 Å². The first-order valence-corrected chi connectivity index (χ1v) is 10.6. The molecule has 1 aromatic heterocycles. The van der Waals surface area contributed by atoms with Crippen LogP contribution in [0.15, 0.2) is 21.9 Å². The van der Waals surface area contributed by atoms with E-state index >= 15 is 0 Å². The summed E-state index contributed by atoms with van der Waals surface area (Å²) in [6.45, 7) is 9.83. The Morgan fingerprint density at radius 1 is 1.09 bits per heavy atom. The minimum atomic E-state index is -1.24. The summed E-state index contributed by atoms with van der Waals surface area (Å²) in [5, 5.41) is 10.3. The number of esters is 2. The highest BCUT2D eigenvalue weighted by atomic mass is 16.7.